The maximum absolute atomic E-state index is 13.7. The number of Topliss-reactive ketones (excluding diaryl/α,β-unsaturated/α-hetero) is 1. The van der Waals surface area contributed by atoms with Crippen LogP contribution in [0.4, 0.5) is 9.18 Å². The Kier molecular flexibility index (Phi) is 5.66. The number of hydrogen-bond donors (Lipinski definition) is 2. The Hall–Kier alpha value is -2.15. The van der Waals surface area contributed by atoms with Gasteiger partial charge in [-0.05, 0) is 26.0 Å². The number of rotatable bonds is 7. The van der Waals surface area contributed by atoms with Crippen LogP contribution in [0.15, 0.2) is 18.2 Å². The Balaban J connectivity index is 2.56. The number of carbonyl (C=O) groups excluding carboxylic acids is 1. The van der Waals surface area contributed by atoms with Gasteiger partial charge in [-0.2, -0.15) is 0 Å². The highest BCUT2D eigenvalue weighted by Gasteiger charge is 2.21. The summed E-state index contributed by atoms with van der Waals surface area (Å²) in [5, 5.41) is 10.9. The molecule has 0 aliphatic carbocycles. The third kappa shape index (κ3) is 5.39. The first-order chi connectivity index (χ1) is 9.75. The third-order valence-electron chi connectivity index (χ3n) is 2.62. The topological polar surface area (TPSA) is 84.9 Å². The van der Waals surface area contributed by atoms with Crippen LogP contribution in [0, 0.1) is 5.82 Å². The molecule has 6 nitrogen and oxygen atoms in total. The van der Waals surface area contributed by atoms with Gasteiger partial charge in [-0.25, -0.2) is 9.18 Å². The molecule has 0 saturated heterocycles. The molecule has 1 aromatic rings. The van der Waals surface area contributed by atoms with E-state index in [1.165, 1.54) is 19.2 Å². The smallest absolute Gasteiger partial charge is 0.405 e. The van der Waals surface area contributed by atoms with Crippen LogP contribution in [-0.4, -0.2) is 42.8 Å². The number of ketones is 1. The normalized spacial score (nSPS) is 11.0. The number of methoxy groups -OCH3 is 1. The molecule has 0 fully saturated rings. The quantitative estimate of drug-likeness (QED) is 0.753. The molecule has 0 radical (unpaired) electrons. The van der Waals surface area contributed by atoms with Crippen molar-refractivity contribution in [3.63, 3.8) is 0 Å². The minimum absolute atomic E-state index is 0.0111. The van der Waals surface area contributed by atoms with Gasteiger partial charge in [0.2, 0.25) is 0 Å². The summed E-state index contributed by atoms with van der Waals surface area (Å²) < 4.78 is 23.7. The highest BCUT2D eigenvalue weighted by molar-refractivity contribution is 5.97. The fraction of sp³-hybridized carbons (Fsp3) is 0.429. The van der Waals surface area contributed by atoms with Crippen molar-refractivity contribution in [3.8, 4) is 5.75 Å². The van der Waals surface area contributed by atoms with E-state index in [9.17, 15) is 14.0 Å². The van der Waals surface area contributed by atoms with Gasteiger partial charge >= 0.3 is 6.09 Å². The Morgan fingerprint density at radius 1 is 1.38 bits per heavy atom. The van der Waals surface area contributed by atoms with Crippen molar-refractivity contribution in [3.05, 3.63) is 29.6 Å². The molecule has 0 saturated carbocycles. The van der Waals surface area contributed by atoms with E-state index in [2.05, 4.69) is 5.32 Å². The summed E-state index contributed by atoms with van der Waals surface area (Å²) >= 11 is 0. The predicted molar refractivity (Wildman–Crippen MR) is 73.3 cm³/mol. The summed E-state index contributed by atoms with van der Waals surface area (Å²) in [7, 11) is 1.40. The molecule has 21 heavy (non-hydrogen) atoms. The first-order valence-electron chi connectivity index (χ1n) is 6.21. The summed E-state index contributed by atoms with van der Waals surface area (Å²) in [6.45, 7) is 2.87. The predicted octanol–water partition coefficient (Wildman–Crippen LogP) is 2.08. The van der Waals surface area contributed by atoms with E-state index in [0.717, 1.165) is 6.07 Å². The van der Waals surface area contributed by atoms with Crippen LogP contribution in [0.3, 0.4) is 0 Å². The van der Waals surface area contributed by atoms with Gasteiger partial charge in [-0.3, -0.25) is 4.79 Å². The number of benzene rings is 1. The lowest BCUT2D eigenvalue weighted by Gasteiger charge is -2.23. The molecule has 1 amide bonds. The van der Waals surface area contributed by atoms with Crippen LogP contribution < -0.4 is 10.1 Å². The minimum atomic E-state index is -1.18. The number of hydrogen-bond acceptors (Lipinski definition) is 4. The van der Waals surface area contributed by atoms with Gasteiger partial charge in [0, 0.05) is 6.07 Å². The first-order valence-corrected chi connectivity index (χ1v) is 6.21. The average molecular weight is 299 g/mol. The Bertz CT molecular complexity index is 530. The van der Waals surface area contributed by atoms with E-state index in [4.69, 9.17) is 14.6 Å². The second kappa shape index (κ2) is 7.03. The molecule has 0 unspecified atom stereocenters. The number of carbonyl (C=O) groups is 2. The van der Waals surface area contributed by atoms with Gasteiger partial charge < -0.3 is 19.9 Å². The fourth-order valence-corrected chi connectivity index (χ4v) is 1.65. The molecular formula is C14H18FNO5. The molecule has 0 heterocycles. The Morgan fingerprint density at radius 3 is 2.57 bits per heavy atom. The zero-order valence-corrected chi connectivity index (χ0v) is 12.1. The fourth-order valence-electron chi connectivity index (χ4n) is 1.65. The molecule has 116 valence electrons. The Labute approximate surface area is 121 Å². The van der Waals surface area contributed by atoms with Crippen LogP contribution in [-0.2, 0) is 4.74 Å². The molecule has 7 heteroatoms. The molecule has 0 aromatic heterocycles. The van der Waals surface area contributed by atoms with E-state index in [0.29, 0.717) is 5.75 Å². The number of carboxylic acid groups (broad SMARTS) is 1. The maximum Gasteiger partial charge on any atom is 0.405 e. The summed E-state index contributed by atoms with van der Waals surface area (Å²) in [6, 6.07) is 3.91. The minimum Gasteiger partial charge on any atom is -0.497 e. The van der Waals surface area contributed by atoms with Crippen molar-refractivity contribution in [2.24, 2.45) is 0 Å². The molecule has 0 atom stereocenters. The van der Waals surface area contributed by atoms with Gasteiger partial charge in [0.05, 0.1) is 24.8 Å². The lowest BCUT2D eigenvalue weighted by Crippen LogP contribution is -2.46. The highest BCUT2D eigenvalue weighted by atomic mass is 19.1. The van der Waals surface area contributed by atoms with Gasteiger partial charge in [0.1, 0.15) is 18.2 Å². The Morgan fingerprint density at radius 2 is 2.05 bits per heavy atom. The monoisotopic (exact) mass is 299 g/mol. The van der Waals surface area contributed by atoms with Crippen LogP contribution in [0.1, 0.15) is 24.2 Å². The van der Waals surface area contributed by atoms with Crippen molar-refractivity contribution in [2.75, 3.05) is 20.3 Å². The summed E-state index contributed by atoms with van der Waals surface area (Å²) in [5.74, 6) is -0.899. The molecule has 0 aliphatic heterocycles. The molecule has 1 rings (SSSR count). The second-order valence-corrected chi connectivity index (χ2v) is 5.08. The summed E-state index contributed by atoms with van der Waals surface area (Å²) in [4.78, 5) is 22.4. The zero-order chi connectivity index (χ0) is 16.0. The van der Waals surface area contributed by atoms with Crippen molar-refractivity contribution in [2.45, 2.75) is 19.4 Å². The van der Waals surface area contributed by atoms with Crippen LogP contribution in [0.5, 0.6) is 5.75 Å². The second-order valence-electron chi connectivity index (χ2n) is 5.08. The summed E-state index contributed by atoms with van der Waals surface area (Å²) in [6.07, 6.45) is -1.18. The number of amides is 1. The number of nitrogens with one attached hydrogen (secondary N) is 1. The SMILES string of the molecule is COc1ccc(C(=O)COCC(C)(C)NC(=O)O)c(F)c1. The molecular weight excluding hydrogens is 281 g/mol. The highest BCUT2D eigenvalue weighted by Crippen LogP contribution is 2.17. The number of halogens is 1. The third-order valence-corrected chi connectivity index (χ3v) is 2.62. The molecule has 0 spiro atoms. The van der Waals surface area contributed by atoms with Crippen molar-refractivity contribution >= 4 is 11.9 Å². The average Bonchev–Trinajstić information content (AvgIpc) is 2.36. The maximum atomic E-state index is 13.7. The molecule has 1 aromatic carbocycles. The first kappa shape index (κ1) is 16.9. The van der Waals surface area contributed by atoms with Gasteiger partial charge in [0.15, 0.2) is 5.78 Å². The number of ether oxygens (including phenoxy) is 2. The molecule has 0 aliphatic rings. The van der Waals surface area contributed by atoms with E-state index in [1.807, 2.05) is 0 Å². The van der Waals surface area contributed by atoms with Gasteiger partial charge in [-0.15, -0.1) is 0 Å². The van der Waals surface area contributed by atoms with E-state index >= 15 is 0 Å². The van der Waals surface area contributed by atoms with E-state index in [1.54, 1.807) is 13.8 Å². The van der Waals surface area contributed by atoms with Gasteiger partial charge in [0.25, 0.3) is 0 Å². The van der Waals surface area contributed by atoms with Gasteiger partial charge in [-0.1, -0.05) is 0 Å². The summed E-state index contributed by atoms with van der Waals surface area (Å²) in [5.41, 5.74) is -0.940. The van der Waals surface area contributed by atoms with E-state index < -0.39 is 23.2 Å². The van der Waals surface area contributed by atoms with Crippen LogP contribution in [0.2, 0.25) is 0 Å². The largest absolute Gasteiger partial charge is 0.497 e. The standard InChI is InChI=1S/C14H18FNO5/c1-14(2,16-13(18)19)8-21-7-12(17)10-5-4-9(20-3)6-11(10)15/h4-6,16H,7-8H2,1-3H3,(H,18,19). The molecule has 2 N–H and O–H groups in total. The van der Waals surface area contributed by atoms with Crippen LogP contribution >= 0.6 is 0 Å². The lowest BCUT2D eigenvalue weighted by molar-refractivity contribution is 0.0614. The molecule has 0 bridgehead atoms. The van der Waals surface area contributed by atoms with Crippen molar-refractivity contribution in [1.82, 2.24) is 5.32 Å². The van der Waals surface area contributed by atoms with Crippen molar-refractivity contribution < 1.29 is 28.6 Å². The van der Waals surface area contributed by atoms with E-state index in [-0.39, 0.29) is 18.8 Å². The van der Waals surface area contributed by atoms with Crippen LogP contribution in [0.25, 0.3) is 0 Å². The zero-order valence-electron chi connectivity index (χ0n) is 12.1. The lowest BCUT2D eigenvalue weighted by atomic mass is 10.1. The van der Waals surface area contributed by atoms with Crippen molar-refractivity contribution in [1.29, 1.82) is 0 Å².